The third kappa shape index (κ3) is 1.50. The summed E-state index contributed by atoms with van der Waals surface area (Å²) in [7, 11) is 0. The Bertz CT molecular complexity index is 79.7. The van der Waals surface area contributed by atoms with Crippen molar-refractivity contribution in [2.24, 2.45) is 0 Å². The van der Waals surface area contributed by atoms with Crippen LogP contribution in [0.2, 0.25) is 0 Å². The van der Waals surface area contributed by atoms with Gasteiger partial charge in [0.15, 0.2) is 6.61 Å². The summed E-state index contributed by atoms with van der Waals surface area (Å²) in [5.74, 6) is -0.373. The molecule has 1 radical (unpaired) electrons. The molecule has 1 saturated heterocycles. The van der Waals surface area contributed by atoms with Crippen molar-refractivity contribution in [3.63, 3.8) is 0 Å². The Labute approximate surface area is 47.6 Å². The van der Waals surface area contributed by atoms with Crippen molar-refractivity contribution >= 4 is 5.97 Å². The number of hydrogen-bond acceptors (Lipinski definition) is 3. The summed E-state index contributed by atoms with van der Waals surface area (Å²) >= 11 is 0. The zero-order valence-electron chi connectivity index (χ0n) is 4.42. The molecule has 1 heterocycles. The normalized spacial score (nSPS) is 21.8. The number of carbonyl (C=O) groups excluding carboxylic acids is 1. The van der Waals surface area contributed by atoms with E-state index < -0.39 is 0 Å². The van der Waals surface area contributed by atoms with Crippen LogP contribution in [0, 0.1) is 6.61 Å². The van der Waals surface area contributed by atoms with Gasteiger partial charge in [0.05, 0.1) is 13.2 Å². The van der Waals surface area contributed by atoms with Crippen LogP contribution in [0.5, 0.6) is 0 Å². The molecule has 8 heavy (non-hydrogen) atoms. The molecule has 45 valence electrons. The smallest absolute Gasteiger partial charge is 0.338 e. The van der Waals surface area contributed by atoms with E-state index in [9.17, 15) is 4.79 Å². The summed E-state index contributed by atoms with van der Waals surface area (Å²) in [4.78, 5) is 10.3. The molecule has 0 atom stereocenters. The summed E-state index contributed by atoms with van der Waals surface area (Å²) in [6, 6.07) is 0. The summed E-state index contributed by atoms with van der Waals surface area (Å²) in [5, 5.41) is 0. The summed E-state index contributed by atoms with van der Waals surface area (Å²) < 4.78 is 9.29. The number of hydrogen-bond donors (Lipinski definition) is 0. The molecule has 1 rings (SSSR count). The standard InChI is InChI=1S/C5H7O3/c6-5-4-7-2-1-3-8-5/h4H,1-3H2. The highest BCUT2D eigenvalue weighted by molar-refractivity contribution is 5.77. The van der Waals surface area contributed by atoms with Crippen molar-refractivity contribution in [2.75, 3.05) is 13.2 Å². The Kier molecular flexibility index (Phi) is 1.86. The van der Waals surface area contributed by atoms with E-state index in [-0.39, 0.29) is 5.97 Å². The number of cyclic esters (lactones) is 1. The lowest BCUT2D eigenvalue weighted by molar-refractivity contribution is -0.141. The zero-order valence-corrected chi connectivity index (χ0v) is 4.42. The summed E-state index contributed by atoms with van der Waals surface area (Å²) in [5.41, 5.74) is 0. The monoisotopic (exact) mass is 115 g/mol. The molecule has 0 saturated carbocycles. The molecule has 3 heteroatoms. The number of rotatable bonds is 0. The van der Waals surface area contributed by atoms with Crippen LogP contribution in [0.25, 0.3) is 0 Å². The molecule has 0 bridgehead atoms. The fraction of sp³-hybridized carbons (Fsp3) is 0.600. The van der Waals surface area contributed by atoms with Crippen molar-refractivity contribution in [3.05, 3.63) is 6.61 Å². The number of esters is 1. The van der Waals surface area contributed by atoms with E-state index in [0.29, 0.717) is 13.2 Å². The number of ether oxygens (including phenoxy) is 2. The molecule has 0 aliphatic carbocycles. The second kappa shape index (κ2) is 2.67. The number of carbonyl (C=O) groups is 1. The van der Waals surface area contributed by atoms with Crippen LogP contribution in [0.4, 0.5) is 0 Å². The van der Waals surface area contributed by atoms with Gasteiger partial charge < -0.3 is 9.47 Å². The second-order valence-corrected chi connectivity index (χ2v) is 1.51. The predicted octanol–water partition coefficient (Wildman–Crippen LogP) is 0.112. The van der Waals surface area contributed by atoms with Crippen molar-refractivity contribution < 1.29 is 14.3 Å². The average Bonchev–Trinajstić information content (AvgIpc) is 1.94. The largest absolute Gasteiger partial charge is 0.464 e. The molecule has 0 unspecified atom stereocenters. The molecule has 0 aromatic heterocycles. The first-order valence-electron chi connectivity index (χ1n) is 2.51. The van der Waals surface area contributed by atoms with Gasteiger partial charge in [0, 0.05) is 6.42 Å². The topological polar surface area (TPSA) is 35.5 Å². The van der Waals surface area contributed by atoms with Gasteiger partial charge >= 0.3 is 5.97 Å². The highest BCUT2D eigenvalue weighted by Gasteiger charge is 2.06. The van der Waals surface area contributed by atoms with Crippen LogP contribution in [-0.2, 0) is 14.3 Å². The summed E-state index contributed by atoms with van der Waals surface area (Å²) in [6.07, 6.45) is 0.794. The predicted molar refractivity (Wildman–Crippen MR) is 25.8 cm³/mol. The Morgan fingerprint density at radius 1 is 1.50 bits per heavy atom. The third-order valence-electron chi connectivity index (χ3n) is 0.830. The molecule has 1 aliphatic heterocycles. The van der Waals surface area contributed by atoms with Gasteiger partial charge in [0.25, 0.3) is 0 Å². The first-order chi connectivity index (χ1) is 3.89. The van der Waals surface area contributed by atoms with Crippen molar-refractivity contribution in [1.29, 1.82) is 0 Å². The minimum absolute atomic E-state index is 0.373. The van der Waals surface area contributed by atoms with Crippen LogP contribution in [0.15, 0.2) is 0 Å². The molecular formula is C5H7O3. The Hall–Kier alpha value is -0.570. The first-order valence-corrected chi connectivity index (χ1v) is 2.51. The molecule has 3 nitrogen and oxygen atoms in total. The van der Waals surface area contributed by atoms with Gasteiger partial charge in [-0.05, 0) is 0 Å². The second-order valence-electron chi connectivity index (χ2n) is 1.51. The highest BCUT2D eigenvalue weighted by Crippen LogP contribution is 1.96. The molecule has 0 aromatic rings. The molecule has 0 aromatic carbocycles. The van der Waals surface area contributed by atoms with E-state index in [4.69, 9.17) is 4.74 Å². The molecule has 0 amide bonds. The fourth-order valence-electron chi connectivity index (χ4n) is 0.476. The highest BCUT2D eigenvalue weighted by atomic mass is 16.6. The van der Waals surface area contributed by atoms with Crippen LogP contribution in [-0.4, -0.2) is 19.2 Å². The maximum absolute atomic E-state index is 10.3. The van der Waals surface area contributed by atoms with Gasteiger partial charge in [-0.25, -0.2) is 4.79 Å². The average molecular weight is 115 g/mol. The van der Waals surface area contributed by atoms with E-state index in [1.165, 1.54) is 0 Å². The van der Waals surface area contributed by atoms with Gasteiger partial charge in [0.1, 0.15) is 0 Å². The van der Waals surface area contributed by atoms with Crippen LogP contribution < -0.4 is 0 Å². The third-order valence-corrected chi connectivity index (χ3v) is 0.830. The fourth-order valence-corrected chi connectivity index (χ4v) is 0.476. The lowest BCUT2D eigenvalue weighted by Gasteiger charge is -1.92. The molecule has 0 N–H and O–H groups in total. The van der Waals surface area contributed by atoms with E-state index >= 15 is 0 Å². The van der Waals surface area contributed by atoms with E-state index in [0.717, 1.165) is 13.0 Å². The lowest BCUT2D eigenvalue weighted by Crippen LogP contribution is -2.01. The SMILES string of the molecule is O=C1[CH]OCCCO1. The molecule has 0 spiro atoms. The Balaban J connectivity index is 2.27. The van der Waals surface area contributed by atoms with Gasteiger partial charge in [-0.3, -0.25) is 0 Å². The van der Waals surface area contributed by atoms with Crippen molar-refractivity contribution in [3.8, 4) is 0 Å². The van der Waals surface area contributed by atoms with Crippen LogP contribution in [0.3, 0.4) is 0 Å². The van der Waals surface area contributed by atoms with Gasteiger partial charge in [-0.15, -0.1) is 0 Å². The van der Waals surface area contributed by atoms with Gasteiger partial charge in [-0.2, -0.15) is 0 Å². The van der Waals surface area contributed by atoms with Crippen molar-refractivity contribution in [1.82, 2.24) is 0 Å². The lowest BCUT2D eigenvalue weighted by atomic mass is 10.5. The molecule has 1 fully saturated rings. The van der Waals surface area contributed by atoms with Crippen molar-refractivity contribution in [2.45, 2.75) is 6.42 Å². The first kappa shape index (κ1) is 5.56. The zero-order chi connectivity index (χ0) is 5.82. The minimum Gasteiger partial charge on any atom is -0.464 e. The van der Waals surface area contributed by atoms with Gasteiger partial charge in [0.2, 0.25) is 0 Å². The molecule has 1 aliphatic rings. The Morgan fingerprint density at radius 2 is 2.38 bits per heavy atom. The van der Waals surface area contributed by atoms with Crippen LogP contribution >= 0.6 is 0 Å². The minimum atomic E-state index is -0.373. The van der Waals surface area contributed by atoms with E-state index in [1.807, 2.05) is 0 Å². The summed E-state index contributed by atoms with van der Waals surface area (Å²) in [6.45, 7) is 2.17. The Morgan fingerprint density at radius 3 is 3.25 bits per heavy atom. The van der Waals surface area contributed by atoms with E-state index in [1.54, 1.807) is 0 Å². The maximum Gasteiger partial charge on any atom is 0.338 e. The quantitative estimate of drug-likeness (QED) is 0.420. The maximum atomic E-state index is 10.3. The van der Waals surface area contributed by atoms with Gasteiger partial charge in [-0.1, -0.05) is 0 Å². The molecular weight excluding hydrogens is 108 g/mol. The van der Waals surface area contributed by atoms with Crippen LogP contribution in [0.1, 0.15) is 6.42 Å². The van der Waals surface area contributed by atoms with E-state index in [2.05, 4.69) is 4.74 Å².